The van der Waals surface area contributed by atoms with Gasteiger partial charge < -0.3 is 19.9 Å². The summed E-state index contributed by atoms with van der Waals surface area (Å²) in [4.78, 5) is 22.9. The fourth-order valence-corrected chi connectivity index (χ4v) is 2.14. The summed E-state index contributed by atoms with van der Waals surface area (Å²) in [5, 5.41) is 18.6. The van der Waals surface area contributed by atoms with Crippen molar-refractivity contribution in [1.82, 2.24) is 20.3 Å². The molecule has 0 unspecified atom stereocenters. The molecule has 9 heteroatoms. The number of carbonyl (C=O) groups excluding carboxylic acids is 1. The second-order valence-electron chi connectivity index (χ2n) is 4.76. The van der Waals surface area contributed by atoms with Crippen LogP contribution in [0.2, 0.25) is 0 Å². The largest absolute Gasteiger partial charge is 0.486 e. The molecule has 1 aliphatic rings. The summed E-state index contributed by atoms with van der Waals surface area (Å²) in [5.74, 6) is -0.462. The van der Waals surface area contributed by atoms with E-state index in [0.717, 1.165) is 0 Å². The van der Waals surface area contributed by atoms with Crippen molar-refractivity contribution in [2.75, 3.05) is 19.8 Å². The minimum atomic E-state index is -1.15. The molecule has 3 rings (SSSR count). The van der Waals surface area contributed by atoms with E-state index in [-0.39, 0.29) is 18.1 Å². The molecule has 0 saturated carbocycles. The number of rotatable bonds is 5. The molecule has 0 atom stereocenters. The Morgan fingerprint density at radius 1 is 1.30 bits per heavy atom. The van der Waals surface area contributed by atoms with Crippen LogP contribution in [0.25, 0.3) is 0 Å². The Labute approximate surface area is 130 Å². The lowest BCUT2D eigenvalue weighted by atomic mass is 10.1. The standard InChI is InChI=1S/C14H14N4O5/c19-13(9-2-1-3-11-12(9)23-7-6-22-11)15-4-5-18-8-10(14(20)21)16-17-18/h1-3,8H,4-7H2,(H,15,19)(H,20,21). The van der Waals surface area contributed by atoms with Gasteiger partial charge in [0.2, 0.25) is 0 Å². The number of carbonyl (C=O) groups is 2. The van der Waals surface area contributed by atoms with Crippen molar-refractivity contribution in [3.63, 3.8) is 0 Å². The van der Waals surface area contributed by atoms with Crippen molar-refractivity contribution >= 4 is 11.9 Å². The molecule has 9 nitrogen and oxygen atoms in total. The van der Waals surface area contributed by atoms with Gasteiger partial charge in [0.05, 0.1) is 18.3 Å². The number of para-hydroxylation sites is 1. The molecule has 0 saturated heterocycles. The maximum absolute atomic E-state index is 12.2. The summed E-state index contributed by atoms with van der Waals surface area (Å²) in [7, 11) is 0. The van der Waals surface area contributed by atoms with E-state index in [1.807, 2.05) is 0 Å². The van der Waals surface area contributed by atoms with Crippen molar-refractivity contribution in [3.05, 3.63) is 35.7 Å². The normalized spacial score (nSPS) is 12.7. The highest BCUT2D eigenvalue weighted by Crippen LogP contribution is 2.33. The number of carboxylic acid groups (broad SMARTS) is 1. The van der Waals surface area contributed by atoms with Gasteiger partial charge in [0, 0.05) is 6.54 Å². The number of carboxylic acids is 1. The topological polar surface area (TPSA) is 116 Å². The van der Waals surface area contributed by atoms with Crippen molar-refractivity contribution < 1.29 is 24.2 Å². The van der Waals surface area contributed by atoms with Crippen molar-refractivity contribution in [2.24, 2.45) is 0 Å². The molecule has 120 valence electrons. The number of nitrogens with one attached hydrogen (secondary N) is 1. The summed E-state index contributed by atoms with van der Waals surface area (Å²) in [6.45, 7) is 1.43. The number of hydrogen-bond acceptors (Lipinski definition) is 6. The van der Waals surface area contributed by atoms with Gasteiger partial charge in [0.25, 0.3) is 5.91 Å². The average molecular weight is 318 g/mol. The first-order valence-corrected chi connectivity index (χ1v) is 6.95. The number of fused-ring (bicyclic) bond motifs is 1. The van der Waals surface area contributed by atoms with Crippen LogP contribution in [0.1, 0.15) is 20.8 Å². The molecular weight excluding hydrogens is 304 g/mol. The molecule has 2 N–H and O–H groups in total. The highest BCUT2D eigenvalue weighted by molar-refractivity contribution is 5.97. The van der Waals surface area contributed by atoms with Crippen LogP contribution in [0.15, 0.2) is 24.4 Å². The summed E-state index contributed by atoms with van der Waals surface area (Å²) in [6, 6.07) is 5.12. The van der Waals surface area contributed by atoms with Gasteiger partial charge in [-0.1, -0.05) is 11.3 Å². The molecule has 1 aliphatic heterocycles. The van der Waals surface area contributed by atoms with Crippen molar-refractivity contribution in [3.8, 4) is 11.5 Å². The number of nitrogens with zero attached hydrogens (tertiary/aromatic N) is 3. The molecule has 2 heterocycles. The van der Waals surface area contributed by atoms with Crippen LogP contribution >= 0.6 is 0 Å². The van der Waals surface area contributed by atoms with Gasteiger partial charge in [-0.25, -0.2) is 9.48 Å². The smallest absolute Gasteiger partial charge is 0.358 e. The fourth-order valence-electron chi connectivity index (χ4n) is 2.14. The molecule has 1 aromatic heterocycles. The third kappa shape index (κ3) is 3.23. The van der Waals surface area contributed by atoms with Crippen LogP contribution < -0.4 is 14.8 Å². The summed E-state index contributed by atoms with van der Waals surface area (Å²) in [6.07, 6.45) is 1.30. The van der Waals surface area contributed by atoms with Gasteiger partial charge in [0.15, 0.2) is 17.2 Å². The van der Waals surface area contributed by atoms with E-state index in [1.54, 1.807) is 18.2 Å². The molecule has 0 bridgehead atoms. The number of aromatic carboxylic acids is 1. The highest BCUT2D eigenvalue weighted by atomic mass is 16.6. The third-order valence-corrected chi connectivity index (χ3v) is 3.20. The first kappa shape index (κ1) is 14.8. The van der Waals surface area contributed by atoms with E-state index in [9.17, 15) is 9.59 Å². The second-order valence-corrected chi connectivity index (χ2v) is 4.76. The summed E-state index contributed by atoms with van der Waals surface area (Å²) < 4.78 is 12.3. The van der Waals surface area contributed by atoms with Crippen LogP contribution in [-0.2, 0) is 6.54 Å². The summed E-state index contributed by atoms with van der Waals surface area (Å²) >= 11 is 0. The molecule has 23 heavy (non-hydrogen) atoms. The van der Waals surface area contributed by atoms with Gasteiger partial charge in [-0.15, -0.1) is 5.10 Å². The van der Waals surface area contributed by atoms with Crippen LogP contribution in [-0.4, -0.2) is 51.7 Å². The van der Waals surface area contributed by atoms with Crippen LogP contribution in [0.4, 0.5) is 0 Å². The lowest BCUT2D eigenvalue weighted by Gasteiger charge is -2.20. The molecule has 0 spiro atoms. The molecular formula is C14H14N4O5. The van der Waals surface area contributed by atoms with E-state index in [2.05, 4.69) is 15.6 Å². The quantitative estimate of drug-likeness (QED) is 0.807. The number of amides is 1. The van der Waals surface area contributed by atoms with Gasteiger partial charge in [-0.3, -0.25) is 4.79 Å². The van der Waals surface area contributed by atoms with E-state index >= 15 is 0 Å². The minimum Gasteiger partial charge on any atom is -0.486 e. The van der Waals surface area contributed by atoms with Gasteiger partial charge in [0.1, 0.15) is 13.2 Å². The monoisotopic (exact) mass is 318 g/mol. The number of ether oxygens (including phenoxy) is 2. The Balaban J connectivity index is 1.60. The first-order valence-electron chi connectivity index (χ1n) is 6.95. The van der Waals surface area contributed by atoms with Crippen LogP contribution in [0.3, 0.4) is 0 Å². The lowest BCUT2D eigenvalue weighted by molar-refractivity contribution is 0.0690. The molecule has 0 radical (unpaired) electrons. The van der Waals surface area contributed by atoms with E-state index < -0.39 is 5.97 Å². The van der Waals surface area contributed by atoms with E-state index in [0.29, 0.717) is 36.8 Å². The number of aromatic nitrogens is 3. The Bertz CT molecular complexity index is 743. The zero-order chi connectivity index (χ0) is 16.2. The first-order chi connectivity index (χ1) is 11.1. The van der Waals surface area contributed by atoms with Crippen molar-refractivity contribution in [1.29, 1.82) is 0 Å². The number of hydrogen-bond donors (Lipinski definition) is 2. The van der Waals surface area contributed by atoms with Gasteiger partial charge in [-0.05, 0) is 12.1 Å². The van der Waals surface area contributed by atoms with Crippen LogP contribution in [0.5, 0.6) is 11.5 Å². The Hall–Kier alpha value is -3.10. The SMILES string of the molecule is O=C(O)c1cn(CCNC(=O)c2cccc3c2OCCO3)nn1. The van der Waals surface area contributed by atoms with Gasteiger partial charge in [-0.2, -0.15) is 0 Å². The highest BCUT2D eigenvalue weighted by Gasteiger charge is 2.20. The van der Waals surface area contributed by atoms with E-state index in [4.69, 9.17) is 14.6 Å². The summed E-state index contributed by atoms with van der Waals surface area (Å²) in [5.41, 5.74) is 0.256. The minimum absolute atomic E-state index is 0.140. The predicted octanol–water partition coefficient (Wildman–Crippen LogP) is 0.177. The zero-order valence-electron chi connectivity index (χ0n) is 12.1. The Kier molecular flexibility index (Phi) is 4.09. The zero-order valence-corrected chi connectivity index (χ0v) is 12.1. The maximum Gasteiger partial charge on any atom is 0.358 e. The Morgan fingerprint density at radius 2 is 2.13 bits per heavy atom. The van der Waals surface area contributed by atoms with Crippen molar-refractivity contribution in [2.45, 2.75) is 6.54 Å². The molecule has 1 aromatic carbocycles. The van der Waals surface area contributed by atoms with Gasteiger partial charge >= 0.3 is 5.97 Å². The second kappa shape index (κ2) is 6.34. The number of benzene rings is 1. The molecule has 2 aromatic rings. The molecule has 0 fully saturated rings. The lowest BCUT2D eigenvalue weighted by Crippen LogP contribution is -2.28. The molecule has 1 amide bonds. The molecule has 0 aliphatic carbocycles. The predicted molar refractivity (Wildman–Crippen MR) is 76.7 cm³/mol. The fraction of sp³-hybridized carbons (Fsp3) is 0.286. The maximum atomic E-state index is 12.2. The Morgan fingerprint density at radius 3 is 2.91 bits per heavy atom. The third-order valence-electron chi connectivity index (χ3n) is 3.20. The van der Waals surface area contributed by atoms with Crippen LogP contribution in [0, 0.1) is 0 Å². The average Bonchev–Trinajstić information content (AvgIpc) is 3.03. The van der Waals surface area contributed by atoms with E-state index in [1.165, 1.54) is 10.9 Å².